The highest BCUT2D eigenvalue weighted by molar-refractivity contribution is 5.91. The van der Waals surface area contributed by atoms with Crippen molar-refractivity contribution in [1.29, 1.82) is 0 Å². The summed E-state index contributed by atoms with van der Waals surface area (Å²) in [5.74, 6) is 0.930. The fourth-order valence-corrected chi connectivity index (χ4v) is 5.84. The smallest absolute Gasteiger partial charge is 0.372 e. The summed E-state index contributed by atoms with van der Waals surface area (Å²) in [7, 11) is 0. The number of aromatic nitrogens is 3. The molecular formula is C28H33F3N6O3. The lowest BCUT2D eigenvalue weighted by atomic mass is 9.99. The summed E-state index contributed by atoms with van der Waals surface area (Å²) in [5, 5.41) is 7.24. The monoisotopic (exact) mass is 558 g/mol. The van der Waals surface area contributed by atoms with Gasteiger partial charge in [-0.25, -0.2) is 9.97 Å². The van der Waals surface area contributed by atoms with Gasteiger partial charge in [-0.15, -0.1) is 6.58 Å². The Balaban J connectivity index is 1.22. The number of alkyl halides is 3. The van der Waals surface area contributed by atoms with Gasteiger partial charge in [0.25, 0.3) is 0 Å². The van der Waals surface area contributed by atoms with E-state index < -0.39 is 11.7 Å². The van der Waals surface area contributed by atoms with E-state index in [1.807, 2.05) is 13.8 Å². The lowest BCUT2D eigenvalue weighted by molar-refractivity contribution is -0.137. The second-order valence-electron chi connectivity index (χ2n) is 10.5. The standard InChI is InChI=1S/C28H33F3N6O3/c1-4-9-39-25-15-37(21-7-8-36(14-21)26-17(2)35-40-18(26)3)13-19(25)10-22(38)12-32-27-23-11-20(28(29,30)31)5-6-24(23)33-16-34-27/h4-6,11,16,19,21,25H,1,7-10,12-15H2,2-3H3,(H,32,33,34)/t19?,21?,25-/m0/s1. The molecule has 2 aliphatic heterocycles. The number of halogens is 3. The fraction of sp³-hybridized carbons (Fsp3) is 0.500. The van der Waals surface area contributed by atoms with Gasteiger partial charge in [0.2, 0.25) is 0 Å². The summed E-state index contributed by atoms with van der Waals surface area (Å²) in [4.78, 5) is 25.9. The van der Waals surface area contributed by atoms with E-state index in [4.69, 9.17) is 9.26 Å². The van der Waals surface area contributed by atoms with Crippen LogP contribution in [0, 0.1) is 19.8 Å². The van der Waals surface area contributed by atoms with Crippen molar-refractivity contribution in [3.8, 4) is 0 Å². The van der Waals surface area contributed by atoms with Crippen LogP contribution in [0.25, 0.3) is 10.9 Å². The Labute approximate surface area is 230 Å². The zero-order chi connectivity index (χ0) is 28.4. The third-order valence-electron chi connectivity index (χ3n) is 7.73. The molecule has 9 nitrogen and oxygen atoms in total. The first-order valence-electron chi connectivity index (χ1n) is 13.4. The number of nitrogens with one attached hydrogen (secondary N) is 1. The Morgan fingerprint density at radius 3 is 2.80 bits per heavy atom. The van der Waals surface area contributed by atoms with E-state index in [1.165, 1.54) is 12.4 Å². The molecule has 0 amide bonds. The molecule has 1 aromatic carbocycles. The number of likely N-dealkylation sites (tertiary alicyclic amines) is 1. The maximum atomic E-state index is 13.2. The van der Waals surface area contributed by atoms with Crippen molar-refractivity contribution in [1.82, 2.24) is 20.0 Å². The molecule has 2 aromatic heterocycles. The van der Waals surface area contributed by atoms with Crippen LogP contribution in [0.5, 0.6) is 0 Å². The molecule has 12 heteroatoms. The highest BCUT2D eigenvalue weighted by Gasteiger charge is 2.40. The van der Waals surface area contributed by atoms with Crippen molar-refractivity contribution in [2.45, 2.75) is 45.0 Å². The molecule has 2 unspecified atom stereocenters. The lowest BCUT2D eigenvalue weighted by Crippen LogP contribution is -2.37. The van der Waals surface area contributed by atoms with E-state index in [2.05, 4.69) is 36.8 Å². The number of Topliss-reactive ketones (excluding diaryl/α,β-unsaturated/α-hetero) is 1. The van der Waals surface area contributed by atoms with Gasteiger partial charge >= 0.3 is 6.18 Å². The van der Waals surface area contributed by atoms with Gasteiger partial charge in [-0.2, -0.15) is 13.2 Å². The van der Waals surface area contributed by atoms with Crippen LogP contribution >= 0.6 is 0 Å². The average Bonchev–Trinajstić information content (AvgIpc) is 3.64. The number of anilines is 2. The molecule has 2 saturated heterocycles. The number of benzene rings is 1. The molecule has 2 fully saturated rings. The molecule has 4 heterocycles. The molecule has 5 rings (SSSR count). The van der Waals surface area contributed by atoms with Crippen LogP contribution in [0.1, 0.15) is 29.9 Å². The number of aryl methyl sites for hydroxylation is 2. The summed E-state index contributed by atoms with van der Waals surface area (Å²) in [6, 6.07) is 3.61. The summed E-state index contributed by atoms with van der Waals surface area (Å²) >= 11 is 0. The molecule has 0 saturated carbocycles. The topological polar surface area (TPSA) is 96.6 Å². The first-order chi connectivity index (χ1) is 19.1. The van der Waals surface area contributed by atoms with E-state index in [0.717, 1.165) is 61.9 Å². The molecule has 0 radical (unpaired) electrons. The van der Waals surface area contributed by atoms with Gasteiger partial charge in [-0.05, 0) is 38.5 Å². The van der Waals surface area contributed by atoms with Crippen LogP contribution in [0.4, 0.5) is 24.7 Å². The molecule has 0 spiro atoms. The number of ketones is 1. The van der Waals surface area contributed by atoms with Gasteiger partial charge in [0.1, 0.15) is 23.5 Å². The number of rotatable bonds is 10. The number of carbonyl (C=O) groups is 1. The van der Waals surface area contributed by atoms with Crippen molar-refractivity contribution in [3.63, 3.8) is 0 Å². The highest BCUT2D eigenvalue weighted by atomic mass is 19.4. The first kappa shape index (κ1) is 28.0. The highest BCUT2D eigenvalue weighted by Crippen LogP contribution is 2.34. The van der Waals surface area contributed by atoms with Crippen molar-refractivity contribution >= 4 is 28.2 Å². The van der Waals surface area contributed by atoms with E-state index >= 15 is 0 Å². The van der Waals surface area contributed by atoms with Crippen LogP contribution in [0.15, 0.2) is 41.7 Å². The number of nitrogens with zero attached hydrogens (tertiary/aromatic N) is 5. The molecular weight excluding hydrogens is 525 g/mol. The number of ether oxygens (including phenoxy) is 1. The number of hydrogen-bond donors (Lipinski definition) is 1. The van der Waals surface area contributed by atoms with Crippen LogP contribution in [0.3, 0.4) is 0 Å². The zero-order valence-electron chi connectivity index (χ0n) is 22.6. The number of hydrogen-bond acceptors (Lipinski definition) is 9. The molecule has 3 aromatic rings. The maximum absolute atomic E-state index is 13.2. The minimum atomic E-state index is -4.49. The Morgan fingerprint density at radius 1 is 1.25 bits per heavy atom. The first-order valence-corrected chi connectivity index (χ1v) is 13.4. The van der Waals surface area contributed by atoms with Gasteiger partial charge in [0, 0.05) is 49.9 Å². The van der Waals surface area contributed by atoms with Crippen molar-refractivity contribution in [2.24, 2.45) is 5.92 Å². The summed E-state index contributed by atoms with van der Waals surface area (Å²) in [5.41, 5.74) is 1.51. The van der Waals surface area contributed by atoms with E-state index in [9.17, 15) is 18.0 Å². The van der Waals surface area contributed by atoms with Crippen molar-refractivity contribution in [2.75, 3.05) is 49.5 Å². The Hall–Kier alpha value is -3.51. The van der Waals surface area contributed by atoms with E-state index in [0.29, 0.717) is 18.2 Å². The second-order valence-corrected chi connectivity index (χ2v) is 10.5. The molecule has 0 aliphatic carbocycles. The number of fused-ring (bicyclic) bond motifs is 1. The lowest BCUT2D eigenvalue weighted by Gasteiger charge is -2.25. The van der Waals surface area contributed by atoms with Gasteiger partial charge in [0.15, 0.2) is 11.5 Å². The summed E-state index contributed by atoms with van der Waals surface area (Å²) in [6.07, 6.45) is -0.375. The summed E-state index contributed by atoms with van der Waals surface area (Å²) in [6.45, 7) is 11.1. The van der Waals surface area contributed by atoms with Gasteiger partial charge in [0.05, 0.1) is 30.3 Å². The predicted octanol–water partition coefficient (Wildman–Crippen LogP) is 4.41. The Morgan fingerprint density at radius 2 is 2.08 bits per heavy atom. The Kier molecular flexibility index (Phi) is 8.09. The molecule has 2 aliphatic rings. The molecule has 3 atom stereocenters. The van der Waals surface area contributed by atoms with Crippen molar-refractivity contribution in [3.05, 3.63) is 54.2 Å². The van der Waals surface area contributed by atoms with E-state index in [1.54, 1.807) is 6.08 Å². The third-order valence-corrected chi connectivity index (χ3v) is 7.73. The van der Waals surface area contributed by atoms with Gasteiger partial charge in [-0.1, -0.05) is 11.2 Å². The average molecular weight is 559 g/mol. The quantitative estimate of drug-likeness (QED) is 0.363. The van der Waals surface area contributed by atoms with Gasteiger partial charge < -0.3 is 19.5 Å². The Bertz CT molecular complexity index is 1360. The third kappa shape index (κ3) is 5.97. The molecule has 214 valence electrons. The maximum Gasteiger partial charge on any atom is 0.416 e. The number of carbonyl (C=O) groups excluding carboxylic acids is 1. The zero-order valence-corrected chi connectivity index (χ0v) is 22.6. The van der Waals surface area contributed by atoms with Crippen LogP contribution in [-0.4, -0.2) is 77.3 Å². The minimum Gasteiger partial charge on any atom is -0.372 e. The fourth-order valence-electron chi connectivity index (χ4n) is 5.84. The minimum absolute atomic E-state index is 0.0126. The van der Waals surface area contributed by atoms with Gasteiger partial charge in [-0.3, -0.25) is 9.69 Å². The van der Waals surface area contributed by atoms with Crippen LogP contribution < -0.4 is 10.2 Å². The van der Waals surface area contributed by atoms with Crippen LogP contribution in [-0.2, 0) is 15.7 Å². The normalized spacial score (nSPS) is 21.8. The van der Waals surface area contributed by atoms with E-state index in [-0.39, 0.29) is 42.0 Å². The van der Waals surface area contributed by atoms with Crippen molar-refractivity contribution < 1.29 is 27.2 Å². The largest absolute Gasteiger partial charge is 0.416 e. The SMILES string of the molecule is C=CCO[C@H]1CN(C2CCN(c3c(C)noc3C)C2)CC1CC(=O)CNc1ncnc2ccc(C(F)(F)F)cc12. The second kappa shape index (κ2) is 11.5. The molecule has 40 heavy (non-hydrogen) atoms. The van der Waals surface area contributed by atoms with Crippen LogP contribution in [0.2, 0.25) is 0 Å². The predicted molar refractivity (Wildman–Crippen MR) is 144 cm³/mol. The molecule has 1 N–H and O–H groups in total. The summed E-state index contributed by atoms with van der Waals surface area (Å²) < 4.78 is 51.1. The molecule has 0 bridgehead atoms.